The van der Waals surface area contributed by atoms with Crippen LogP contribution in [0.4, 0.5) is 0 Å². The molecule has 1 aliphatic rings. The van der Waals surface area contributed by atoms with Crippen LogP contribution in [0, 0.1) is 6.92 Å². The fraction of sp³-hybridized carbons (Fsp3) is 0.667. The minimum Gasteiger partial charge on any atom is -0.491 e. The van der Waals surface area contributed by atoms with E-state index in [9.17, 15) is 5.11 Å². The van der Waals surface area contributed by atoms with Gasteiger partial charge in [-0.1, -0.05) is 19.9 Å². The molecular formula is C18H28O4. The fourth-order valence-electron chi connectivity index (χ4n) is 2.52. The van der Waals surface area contributed by atoms with Crippen LogP contribution in [-0.2, 0) is 9.47 Å². The lowest BCUT2D eigenvalue weighted by Crippen LogP contribution is -2.30. The van der Waals surface area contributed by atoms with Crippen molar-refractivity contribution in [3.05, 3.63) is 29.3 Å². The average molecular weight is 308 g/mol. The first-order valence-corrected chi connectivity index (χ1v) is 8.16. The summed E-state index contributed by atoms with van der Waals surface area (Å²) in [6.07, 6.45) is 1.41. The Bertz CT molecular complexity index is 452. The van der Waals surface area contributed by atoms with Crippen molar-refractivity contribution < 1.29 is 19.3 Å². The lowest BCUT2D eigenvalue weighted by molar-refractivity contribution is -0.0659. The van der Waals surface area contributed by atoms with Gasteiger partial charge in [0.25, 0.3) is 0 Å². The Balaban J connectivity index is 1.76. The van der Waals surface area contributed by atoms with Crippen LogP contribution < -0.4 is 4.74 Å². The molecule has 124 valence electrons. The van der Waals surface area contributed by atoms with Crippen LogP contribution in [0.25, 0.3) is 0 Å². The van der Waals surface area contributed by atoms with Gasteiger partial charge < -0.3 is 19.3 Å². The molecule has 2 rings (SSSR count). The maximum atomic E-state index is 10.0. The molecule has 1 atom stereocenters. The van der Waals surface area contributed by atoms with Crippen LogP contribution in [0.15, 0.2) is 18.2 Å². The zero-order valence-corrected chi connectivity index (χ0v) is 13.9. The summed E-state index contributed by atoms with van der Waals surface area (Å²) in [7, 11) is 0. The minimum absolute atomic E-state index is 0.204. The molecule has 1 aromatic carbocycles. The van der Waals surface area contributed by atoms with E-state index in [1.807, 2.05) is 12.1 Å². The molecule has 0 amide bonds. The Morgan fingerprint density at radius 3 is 2.59 bits per heavy atom. The summed E-state index contributed by atoms with van der Waals surface area (Å²) in [5.41, 5.74) is 2.43. The average Bonchev–Trinajstić information content (AvgIpc) is 2.51. The van der Waals surface area contributed by atoms with E-state index in [0.717, 1.165) is 31.8 Å². The lowest BCUT2D eigenvalue weighted by Gasteiger charge is -2.23. The summed E-state index contributed by atoms with van der Waals surface area (Å²) in [6, 6.07) is 6.21. The molecule has 0 saturated carbocycles. The normalized spacial score (nSPS) is 17.7. The lowest BCUT2D eigenvalue weighted by atomic mass is 10.0. The van der Waals surface area contributed by atoms with Gasteiger partial charge in [-0.3, -0.25) is 0 Å². The second-order valence-electron chi connectivity index (χ2n) is 6.34. The molecule has 1 unspecified atom stereocenters. The zero-order chi connectivity index (χ0) is 15.9. The molecule has 4 nitrogen and oxygen atoms in total. The standard InChI is InChI=1S/C18H28O4/c1-13(2)15-8-14(3)9-18(10-15)22-12-16(19)11-21-17-4-6-20-7-5-17/h8-10,13,16-17,19H,4-7,11-12H2,1-3H3. The van der Waals surface area contributed by atoms with Crippen molar-refractivity contribution in [1.82, 2.24) is 0 Å². The number of hydrogen-bond donors (Lipinski definition) is 1. The molecule has 0 aromatic heterocycles. The first-order valence-electron chi connectivity index (χ1n) is 8.16. The van der Waals surface area contributed by atoms with E-state index in [0.29, 0.717) is 12.5 Å². The summed E-state index contributed by atoms with van der Waals surface area (Å²) in [6.45, 7) is 8.45. The Labute approximate surface area is 133 Å². The summed E-state index contributed by atoms with van der Waals surface area (Å²) in [4.78, 5) is 0. The van der Waals surface area contributed by atoms with E-state index >= 15 is 0 Å². The van der Waals surface area contributed by atoms with E-state index in [2.05, 4.69) is 26.8 Å². The molecule has 0 bridgehead atoms. The van der Waals surface area contributed by atoms with Gasteiger partial charge in [0.1, 0.15) is 18.5 Å². The van der Waals surface area contributed by atoms with Crippen molar-refractivity contribution in [2.75, 3.05) is 26.4 Å². The van der Waals surface area contributed by atoms with Gasteiger partial charge >= 0.3 is 0 Å². The Hall–Kier alpha value is -1.10. The summed E-state index contributed by atoms with van der Waals surface area (Å²) in [5, 5.41) is 10.0. The molecule has 4 heteroatoms. The number of aryl methyl sites for hydroxylation is 1. The van der Waals surface area contributed by atoms with Gasteiger partial charge in [0.15, 0.2) is 0 Å². The molecule has 1 aliphatic heterocycles. The molecule has 1 aromatic rings. The largest absolute Gasteiger partial charge is 0.491 e. The van der Waals surface area contributed by atoms with Crippen molar-refractivity contribution >= 4 is 0 Å². The molecule has 1 saturated heterocycles. The van der Waals surface area contributed by atoms with Crippen LogP contribution in [0.3, 0.4) is 0 Å². The van der Waals surface area contributed by atoms with Crippen molar-refractivity contribution in [2.24, 2.45) is 0 Å². The first kappa shape index (κ1) is 17.3. The van der Waals surface area contributed by atoms with Crippen LogP contribution in [-0.4, -0.2) is 43.7 Å². The predicted molar refractivity (Wildman–Crippen MR) is 86.6 cm³/mol. The summed E-state index contributed by atoms with van der Waals surface area (Å²) in [5.74, 6) is 1.28. The van der Waals surface area contributed by atoms with Gasteiger partial charge in [-0.15, -0.1) is 0 Å². The molecule has 1 N–H and O–H groups in total. The van der Waals surface area contributed by atoms with Crippen LogP contribution in [0.2, 0.25) is 0 Å². The van der Waals surface area contributed by atoms with Crippen LogP contribution in [0.1, 0.15) is 43.7 Å². The van der Waals surface area contributed by atoms with Crippen LogP contribution >= 0.6 is 0 Å². The minimum atomic E-state index is -0.606. The van der Waals surface area contributed by atoms with E-state index in [-0.39, 0.29) is 12.7 Å². The maximum absolute atomic E-state index is 10.0. The van der Waals surface area contributed by atoms with E-state index < -0.39 is 6.10 Å². The first-order chi connectivity index (χ1) is 10.5. The molecule has 0 aliphatic carbocycles. The van der Waals surface area contributed by atoms with Crippen molar-refractivity contribution in [3.8, 4) is 5.75 Å². The smallest absolute Gasteiger partial charge is 0.119 e. The van der Waals surface area contributed by atoms with Gasteiger partial charge in [-0.25, -0.2) is 0 Å². The highest BCUT2D eigenvalue weighted by atomic mass is 16.5. The second-order valence-corrected chi connectivity index (χ2v) is 6.34. The fourth-order valence-corrected chi connectivity index (χ4v) is 2.52. The maximum Gasteiger partial charge on any atom is 0.119 e. The van der Waals surface area contributed by atoms with Crippen molar-refractivity contribution in [1.29, 1.82) is 0 Å². The van der Waals surface area contributed by atoms with Crippen molar-refractivity contribution in [3.63, 3.8) is 0 Å². The molecule has 22 heavy (non-hydrogen) atoms. The predicted octanol–water partition coefficient (Wildman–Crippen LogP) is 3.05. The molecule has 1 heterocycles. The quantitative estimate of drug-likeness (QED) is 0.841. The molecule has 0 radical (unpaired) electrons. The molecule has 0 spiro atoms. The number of aliphatic hydroxyl groups is 1. The third-order valence-electron chi connectivity index (χ3n) is 3.87. The van der Waals surface area contributed by atoms with E-state index in [4.69, 9.17) is 14.2 Å². The molecular weight excluding hydrogens is 280 g/mol. The van der Waals surface area contributed by atoms with Gasteiger partial charge in [-0.2, -0.15) is 0 Å². The van der Waals surface area contributed by atoms with E-state index in [1.165, 1.54) is 11.1 Å². The monoisotopic (exact) mass is 308 g/mol. The summed E-state index contributed by atoms with van der Waals surface area (Å²) < 4.78 is 16.7. The highest BCUT2D eigenvalue weighted by Gasteiger charge is 2.16. The highest BCUT2D eigenvalue weighted by Crippen LogP contribution is 2.23. The Morgan fingerprint density at radius 1 is 1.18 bits per heavy atom. The number of hydrogen-bond acceptors (Lipinski definition) is 4. The third-order valence-corrected chi connectivity index (χ3v) is 3.87. The van der Waals surface area contributed by atoms with Gasteiger partial charge in [-0.05, 0) is 48.9 Å². The number of ether oxygens (including phenoxy) is 3. The van der Waals surface area contributed by atoms with Gasteiger partial charge in [0.2, 0.25) is 0 Å². The van der Waals surface area contributed by atoms with Gasteiger partial charge in [0, 0.05) is 13.2 Å². The Kier molecular flexibility index (Phi) is 6.68. The molecule has 1 fully saturated rings. The summed E-state index contributed by atoms with van der Waals surface area (Å²) >= 11 is 0. The second kappa shape index (κ2) is 8.51. The number of aliphatic hydroxyl groups excluding tert-OH is 1. The van der Waals surface area contributed by atoms with E-state index in [1.54, 1.807) is 0 Å². The van der Waals surface area contributed by atoms with Gasteiger partial charge in [0.05, 0.1) is 12.7 Å². The Morgan fingerprint density at radius 2 is 1.91 bits per heavy atom. The van der Waals surface area contributed by atoms with Crippen LogP contribution in [0.5, 0.6) is 5.75 Å². The third kappa shape index (κ3) is 5.59. The highest BCUT2D eigenvalue weighted by molar-refractivity contribution is 5.35. The topological polar surface area (TPSA) is 47.9 Å². The number of rotatable bonds is 7. The SMILES string of the molecule is Cc1cc(OCC(O)COC2CCOCC2)cc(C(C)C)c1. The zero-order valence-electron chi connectivity index (χ0n) is 13.9. The van der Waals surface area contributed by atoms with Crippen molar-refractivity contribution in [2.45, 2.75) is 51.7 Å². The number of benzene rings is 1.